The average molecular weight is 316 g/mol. The van der Waals surface area contributed by atoms with E-state index in [-0.39, 0.29) is 17.1 Å². The fraction of sp³-hybridized carbons (Fsp3) is 0.632. The molecule has 1 saturated carbocycles. The van der Waals surface area contributed by atoms with Crippen molar-refractivity contribution in [2.45, 2.75) is 38.6 Å². The summed E-state index contributed by atoms with van der Waals surface area (Å²) in [6, 6.07) is 6.81. The smallest absolute Gasteiger partial charge is 0.230 e. The molecule has 2 saturated heterocycles. The van der Waals surface area contributed by atoms with Crippen LogP contribution < -0.4 is 0 Å². The first-order valence-corrected chi connectivity index (χ1v) is 8.91. The number of halogens is 1. The maximum Gasteiger partial charge on any atom is 0.230 e. The van der Waals surface area contributed by atoms with E-state index in [9.17, 15) is 9.18 Å². The van der Waals surface area contributed by atoms with Gasteiger partial charge in [0.25, 0.3) is 0 Å². The number of likely N-dealkylation sites (tertiary alicyclic amines) is 2. The Labute approximate surface area is 137 Å². The molecule has 1 unspecified atom stereocenters. The largest absolute Gasteiger partial charge is 0.338 e. The maximum atomic E-state index is 13.9. The van der Waals surface area contributed by atoms with E-state index in [2.05, 4.69) is 4.90 Å². The van der Waals surface area contributed by atoms with Crippen LogP contribution in [-0.4, -0.2) is 41.9 Å². The van der Waals surface area contributed by atoms with Crippen LogP contribution in [0.2, 0.25) is 0 Å². The molecule has 0 radical (unpaired) electrons. The molecule has 124 valence electrons. The van der Waals surface area contributed by atoms with Gasteiger partial charge in [0.05, 0.1) is 5.41 Å². The van der Waals surface area contributed by atoms with Crippen LogP contribution in [0.1, 0.15) is 37.7 Å². The van der Waals surface area contributed by atoms with Crippen molar-refractivity contribution in [1.82, 2.24) is 9.80 Å². The van der Waals surface area contributed by atoms with Gasteiger partial charge in [-0.3, -0.25) is 4.79 Å². The quantitative estimate of drug-likeness (QED) is 0.852. The van der Waals surface area contributed by atoms with Gasteiger partial charge in [0.1, 0.15) is 5.82 Å². The van der Waals surface area contributed by atoms with Crippen LogP contribution in [0.15, 0.2) is 24.3 Å². The van der Waals surface area contributed by atoms with E-state index in [1.54, 1.807) is 12.1 Å². The molecular weight excluding hydrogens is 291 g/mol. The maximum absolute atomic E-state index is 13.9. The van der Waals surface area contributed by atoms with Crippen molar-refractivity contribution >= 4 is 5.91 Å². The van der Waals surface area contributed by atoms with Crippen LogP contribution >= 0.6 is 0 Å². The van der Waals surface area contributed by atoms with Crippen molar-refractivity contribution in [2.24, 2.45) is 11.3 Å². The lowest BCUT2D eigenvalue weighted by molar-refractivity contribution is -0.146. The number of benzene rings is 1. The SMILES string of the molecule is O=C1N(Cc2ccccc2F)CCCC12CCN(CC1CC1)C2. The van der Waals surface area contributed by atoms with Gasteiger partial charge < -0.3 is 9.80 Å². The summed E-state index contributed by atoms with van der Waals surface area (Å²) in [5.74, 6) is 0.922. The molecule has 3 aliphatic rings. The van der Waals surface area contributed by atoms with Gasteiger partial charge in [0.2, 0.25) is 5.91 Å². The lowest BCUT2D eigenvalue weighted by atomic mass is 9.78. The normalized spacial score (nSPS) is 28.7. The minimum Gasteiger partial charge on any atom is -0.338 e. The summed E-state index contributed by atoms with van der Waals surface area (Å²) >= 11 is 0. The van der Waals surface area contributed by atoms with Crippen LogP contribution in [0.4, 0.5) is 4.39 Å². The van der Waals surface area contributed by atoms with Gasteiger partial charge in [0.15, 0.2) is 0 Å². The van der Waals surface area contributed by atoms with Gasteiger partial charge >= 0.3 is 0 Å². The summed E-state index contributed by atoms with van der Waals surface area (Å²) in [7, 11) is 0. The predicted molar refractivity (Wildman–Crippen MR) is 87.3 cm³/mol. The van der Waals surface area contributed by atoms with Gasteiger partial charge in [-0.1, -0.05) is 18.2 Å². The summed E-state index contributed by atoms with van der Waals surface area (Å²) in [5, 5.41) is 0. The van der Waals surface area contributed by atoms with Crippen LogP contribution in [-0.2, 0) is 11.3 Å². The highest BCUT2D eigenvalue weighted by Crippen LogP contribution is 2.42. The average Bonchev–Trinajstić information content (AvgIpc) is 3.26. The Bertz CT molecular complexity index is 601. The minimum atomic E-state index is -0.207. The van der Waals surface area contributed by atoms with E-state index in [4.69, 9.17) is 0 Å². The van der Waals surface area contributed by atoms with Gasteiger partial charge in [-0.2, -0.15) is 0 Å². The summed E-state index contributed by atoms with van der Waals surface area (Å²) in [6.07, 6.45) is 5.73. The molecule has 4 heteroatoms. The second-order valence-corrected chi connectivity index (χ2v) is 7.63. The second-order valence-electron chi connectivity index (χ2n) is 7.63. The van der Waals surface area contributed by atoms with Gasteiger partial charge in [-0.05, 0) is 50.6 Å². The zero-order valence-corrected chi connectivity index (χ0v) is 13.6. The Morgan fingerprint density at radius 2 is 2.00 bits per heavy atom. The molecule has 1 aromatic rings. The highest BCUT2D eigenvalue weighted by Gasteiger charge is 2.48. The fourth-order valence-corrected chi connectivity index (χ4v) is 4.29. The van der Waals surface area contributed by atoms with Crippen molar-refractivity contribution in [3.8, 4) is 0 Å². The van der Waals surface area contributed by atoms with E-state index < -0.39 is 0 Å². The minimum absolute atomic E-state index is 0.196. The van der Waals surface area contributed by atoms with Crippen LogP contribution in [0.25, 0.3) is 0 Å². The second kappa shape index (κ2) is 5.90. The fourth-order valence-electron chi connectivity index (χ4n) is 4.29. The molecule has 2 heterocycles. The zero-order valence-electron chi connectivity index (χ0n) is 13.6. The number of carbonyl (C=O) groups excluding carboxylic acids is 1. The summed E-state index contributed by atoms with van der Waals surface area (Å²) < 4.78 is 13.9. The summed E-state index contributed by atoms with van der Waals surface area (Å²) in [6.45, 7) is 4.31. The molecule has 0 aromatic heterocycles. The standard InChI is InChI=1S/C19H25FN2O/c20-17-5-2-1-4-16(17)13-22-10-3-8-19(18(22)23)9-11-21(14-19)12-15-6-7-15/h1-2,4-5,15H,3,6-14H2. The van der Waals surface area contributed by atoms with Crippen LogP contribution in [0, 0.1) is 17.2 Å². The highest BCUT2D eigenvalue weighted by atomic mass is 19.1. The van der Waals surface area contributed by atoms with E-state index in [0.29, 0.717) is 12.1 Å². The monoisotopic (exact) mass is 316 g/mol. The molecule has 1 atom stereocenters. The summed E-state index contributed by atoms with van der Waals surface area (Å²) in [4.78, 5) is 17.5. The van der Waals surface area contributed by atoms with Crippen molar-refractivity contribution in [3.63, 3.8) is 0 Å². The van der Waals surface area contributed by atoms with Gasteiger partial charge in [-0.15, -0.1) is 0 Å². The Kier molecular flexibility index (Phi) is 3.88. The van der Waals surface area contributed by atoms with Gasteiger partial charge in [0, 0.05) is 31.7 Å². The number of piperidine rings is 1. The van der Waals surface area contributed by atoms with Gasteiger partial charge in [-0.25, -0.2) is 4.39 Å². The van der Waals surface area contributed by atoms with Crippen molar-refractivity contribution < 1.29 is 9.18 Å². The van der Waals surface area contributed by atoms with Crippen LogP contribution in [0.5, 0.6) is 0 Å². The van der Waals surface area contributed by atoms with Crippen molar-refractivity contribution in [2.75, 3.05) is 26.2 Å². The zero-order chi connectivity index (χ0) is 15.9. The number of rotatable bonds is 4. The topological polar surface area (TPSA) is 23.6 Å². The lowest BCUT2D eigenvalue weighted by Gasteiger charge is -2.39. The number of amides is 1. The Balaban J connectivity index is 1.46. The van der Waals surface area contributed by atoms with E-state index >= 15 is 0 Å². The van der Waals surface area contributed by atoms with Crippen LogP contribution in [0.3, 0.4) is 0 Å². The molecule has 0 bridgehead atoms. The number of hydrogen-bond acceptors (Lipinski definition) is 2. The molecule has 23 heavy (non-hydrogen) atoms. The Morgan fingerprint density at radius 1 is 1.17 bits per heavy atom. The molecule has 1 aromatic carbocycles. The highest BCUT2D eigenvalue weighted by molar-refractivity contribution is 5.84. The first-order chi connectivity index (χ1) is 11.2. The molecule has 1 amide bonds. The Hall–Kier alpha value is -1.42. The van der Waals surface area contributed by atoms with E-state index in [0.717, 1.165) is 44.8 Å². The van der Waals surface area contributed by atoms with E-state index in [1.807, 2.05) is 11.0 Å². The summed E-state index contributed by atoms with van der Waals surface area (Å²) in [5.41, 5.74) is 0.434. The third-order valence-corrected chi connectivity index (χ3v) is 5.79. The Morgan fingerprint density at radius 3 is 2.78 bits per heavy atom. The predicted octanol–water partition coefficient (Wildman–Crippen LogP) is 3.05. The third-order valence-electron chi connectivity index (χ3n) is 5.79. The third kappa shape index (κ3) is 3.01. The molecule has 1 spiro atoms. The van der Waals surface area contributed by atoms with E-state index in [1.165, 1.54) is 25.5 Å². The molecule has 4 rings (SSSR count). The molecular formula is C19H25FN2O. The number of carbonyl (C=O) groups is 1. The lowest BCUT2D eigenvalue weighted by Crippen LogP contribution is -2.49. The first-order valence-electron chi connectivity index (χ1n) is 8.91. The first kappa shape index (κ1) is 15.1. The molecule has 3 fully saturated rings. The molecule has 0 N–H and O–H groups in total. The molecule has 3 nitrogen and oxygen atoms in total. The van der Waals surface area contributed by atoms with Crippen molar-refractivity contribution in [3.05, 3.63) is 35.6 Å². The molecule has 1 aliphatic carbocycles. The van der Waals surface area contributed by atoms with Crippen molar-refractivity contribution in [1.29, 1.82) is 0 Å². The molecule has 2 aliphatic heterocycles. The number of hydrogen-bond donors (Lipinski definition) is 0. The number of nitrogens with zero attached hydrogens (tertiary/aromatic N) is 2.